The number of aldehydes is 1. The van der Waals surface area contributed by atoms with Crippen LogP contribution in [0.15, 0.2) is 60.7 Å². The highest BCUT2D eigenvalue weighted by atomic mass is 16.2. The average Bonchev–Trinajstić information content (AvgIpc) is 2.54. The van der Waals surface area contributed by atoms with Crippen molar-refractivity contribution in [3.05, 3.63) is 71.8 Å². The summed E-state index contributed by atoms with van der Waals surface area (Å²) in [5.41, 5.74) is 3.63. The molecule has 0 N–H and O–H groups in total. The zero-order chi connectivity index (χ0) is 14.8. The van der Waals surface area contributed by atoms with Gasteiger partial charge < -0.3 is 0 Å². The molecule has 0 radical (unpaired) electrons. The molecular weight excluding hydrogens is 260 g/mol. The number of benzene rings is 3. The lowest BCUT2D eigenvalue weighted by molar-refractivity contribution is -0.104. The predicted octanol–water partition coefficient (Wildman–Crippen LogP) is 4.20. The lowest BCUT2D eigenvalue weighted by Gasteiger charge is -2.12. The maximum absolute atomic E-state index is 11.9. The smallest absolute Gasteiger partial charge is 0.225 e. The molecule has 0 spiro atoms. The number of carbonyl (C=O) groups excluding carboxylic acids is 2. The van der Waals surface area contributed by atoms with Crippen LogP contribution in [-0.2, 0) is 4.79 Å². The largest absolute Gasteiger partial charge is 0.294 e. The molecule has 3 rings (SSSR count). The molecule has 0 aliphatic heterocycles. The van der Waals surface area contributed by atoms with E-state index in [0.717, 1.165) is 27.5 Å². The Hall–Kier alpha value is -2.74. The summed E-state index contributed by atoms with van der Waals surface area (Å²) in [7, 11) is 0. The van der Waals surface area contributed by atoms with Crippen molar-refractivity contribution in [1.82, 2.24) is 0 Å². The first-order valence-corrected chi connectivity index (χ1v) is 6.79. The van der Waals surface area contributed by atoms with Gasteiger partial charge in [0.1, 0.15) is 0 Å². The van der Waals surface area contributed by atoms with Gasteiger partial charge in [0.2, 0.25) is 5.78 Å². The van der Waals surface area contributed by atoms with Crippen LogP contribution in [0.3, 0.4) is 0 Å². The van der Waals surface area contributed by atoms with Gasteiger partial charge in [0.05, 0.1) is 0 Å². The highest BCUT2D eigenvalue weighted by Gasteiger charge is 2.14. The number of aryl methyl sites for hydroxylation is 1. The molecule has 0 fully saturated rings. The van der Waals surface area contributed by atoms with Crippen LogP contribution in [-0.4, -0.2) is 12.1 Å². The molecule has 21 heavy (non-hydrogen) atoms. The van der Waals surface area contributed by atoms with Crippen LogP contribution in [0.1, 0.15) is 15.9 Å². The Labute approximate surface area is 123 Å². The van der Waals surface area contributed by atoms with Crippen LogP contribution >= 0.6 is 0 Å². The highest BCUT2D eigenvalue weighted by Crippen LogP contribution is 2.32. The summed E-state index contributed by atoms with van der Waals surface area (Å²) in [6.07, 6.45) is 0.378. The zero-order valence-corrected chi connectivity index (χ0v) is 11.7. The maximum Gasteiger partial charge on any atom is 0.225 e. The Bertz CT molecular complexity index is 833. The molecule has 0 atom stereocenters. The van der Waals surface area contributed by atoms with E-state index < -0.39 is 5.78 Å². The third-order valence-electron chi connectivity index (χ3n) is 3.71. The zero-order valence-electron chi connectivity index (χ0n) is 11.7. The normalized spacial score (nSPS) is 10.5. The Kier molecular flexibility index (Phi) is 3.36. The summed E-state index contributed by atoms with van der Waals surface area (Å²) in [6.45, 7) is 1.96. The van der Waals surface area contributed by atoms with Crippen molar-refractivity contribution in [3.8, 4) is 11.1 Å². The number of Topliss-reactive ketones (excluding diaryl/α,β-unsaturated/α-hetero) is 1. The van der Waals surface area contributed by atoms with E-state index in [4.69, 9.17) is 0 Å². The number of ketones is 1. The second kappa shape index (κ2) is 5.33. The van der Waals surface area contributed by atoms with Crippen molar-refractivity contribution in [1.29, 1.82) is 0 Å². The highest BCUT2D eigenvalue weighted by molar-refractivity contribution is 6.36. The third kappa shape index (κ3) is 2.25. The molecule has 0 saturated carbocycles. The first-order valence-electron chi connectivity index (χ1n) is 6.79. The third-order valence-corrected chi connectivity index (χ3v) is 3.71. The number of hydrogen-bond acceptors (Lipinski definition) is 2. The Morgan fingerprint density at radius 2 is 1.67 bits per heavy atom. The fourth-order valence-corrected chi connectivity index (χ4v) is 2.73. The van der Waals surface area contributed by atoms with Gasteiger partial charge in [-0.25, -0.2) is 0 Å². The Morgan fingerprint density at radius 1 is 0.905 bits per heavy atom. The van der Waals surface area contributed by atoms with E-state index in [1.165, 1.54) is 0 Å². The molecule has 0 unspecified atom stereocenters. The van der Waals surface area contributed by atoms with Crippen molar-refractivity contribution in [3.63, 3.8) is 0 Å². The fraction of sp³-hybridized carbons (Fsp3) is 0.0526. The molecule has 2 heteroatoms. The van der Waals surface area contributed by atoms with Crippen LogP contribution in [0, 0.1) is 6.92 Å². The predicted molar refractivity (Wildman–Crippen MR) is 84.5 cm³/mol. The molecule has 102 valence electrons. The summed E-state index contributed by atoms with van der Waals surface area (Å²) >= 11 is 0. The molecule has 0 aliphatic carbocycles. The Balaban J connectivity index is 2.38. The molecular formula is C19H14O2. The van der Waals surface area contributed by atoms with Gasteiger partial charge >= 0.3 is 0 Å². The lowest BCUT2D eigenvalue weighted by atomic mass is 9.91. The summed E-state index contributed by atoms with van der Waals surface area (Å²) in [5, 5.41) is 1.85. The lowest BCUT2D eigenvalue weighted by Crippen LogP contribution is -2.02. The van der Waals surface area contributed by atoms with Gasteiger partial charge in [-0.2, -0.15) is 0 Å². The van der Waals surface area contributed by atoms with Crippen LogP contribution in [0.2, 0.25) is 0 Å². The molecule has 0 saturated heterocycles. The number of carbonyl (C=O) groups is 2. The van der Waals surface area contributed by atoms with Gasteiger partial charge in [0, 0.05) is 5.56 Å². The van der Waals surface area contributed by atoms with E-state index in [2.05, 4.69) is 0 Å². The van der Waals surface area contributed by atoms with E-state index >= 15 is 0 Å². The van der Waals surface area contributed by atoms with Crippen molar-refractivity contribution >= 4 is 22.8 Å². The van der Waals surface area contributed by atoms with Crippen molar-refractivity contribution < 1.29 is 9.59 Å². The molecule has 0 bridgehead atoms. The van der Waals surface area contributed by atoms with E-state index in [9.17, 15) is 9.59 Å². The summed E-state index contributed by atoms with van der Waals surface area (Å²) in [5.74, 6) is -0.478. The van der Waals surface area contributed by atoms with E-state index in [-0.39, 0.29) is 0 Å². The molecule has 0 aliphatic rings. The second-order valence-corrected chi connectivity index (χ2v) is 5.01. The first-order chi connectivity index (χ1) is 10.2. The van der Waals surface area contributed by atoms with Crippen molar-refractivity contribution in [2.75, 3.05) is 0 Å². The van der Waals surface area contributed by atoms with Gasteiger partial charge in [-0.15, -0.1) is 0 Å². The number of hydrogen-bond donors (Lipinski definition) is 0. The van der Waals surface area contributed by atoms with Crippen LogP contribution < -0.4 is 0 Å². The molecule has 3 aromatic carbocycles. The molecule has 3 aromatic rings. The van der Waals surface area contributed by atoms with Crippen LogP contribution in [0.5, 0.6) is 0 Å². The number of rotatable bonds is 3. The topological polar surface area (TPSA) is 34.1 Å². The van der Waals surface area contributed by atoms with Crippen molar-refractivity contribution in [2.24, 2.45) is 0 Å². The quantitative estimate of drug-likeness (QED) is 0.407. The first kappa shape index (κ1) is 13.3. The van der Waals surface area contributed by atoms with Crippen molar-refractivity contribution in [2.45, 2.75) is 6.92 Å². The minimum absolute atomic E-state index is 0.378. The maximum atomic E-state index is 11.9. The molecule has 0 amide bonds. The summed E-state index contributed by atoms with van der Waals surface area (Å²) in [6, 6.07) is 19.6. The second-order valence-electron chi connectivity index (χ2n) is 5.01. The van der Waals surface area contributed by atoms with Gasteiger partial charge in [0.25, 0.3) is 0 Å². The average molecular weight is 274 g/mol. The van der Waals surface area contributed by atoms with E-state index in [0.29, 0.717) is 11.8 Å². The van der Waals surface area contributed by atoms with Gasteiger partial charge in [-0.1, -0.05) is 54.6 Å². The summed E-state index contributed by atoms with van der Waals surface area (Å²) in [4.78, 5) is 22.7. The van der Waals surface area contributed by atoms with Crippen LogP contribution in [0.4, 0.5) is 0 Å². The fourth-order valence-electron chi connectivity index (χ4n) is 2.73. The monoisotopic (exact) mass is 274 g/mol. The van der Waals surface area contributed by atoms with E-state index in [1.807, 2.05) is 61.5 Å². The van der Waals surface area contributed by atoms with Gasteiger partial charge in [-0.05, 0) is 40.5 Å². The van der Waals surface area contributed by atoms with Crippen LogP contribution in [0.25, 0.3) is 21.9 Å². The molecule has 0 aromatic heterocycles. The van der Waals surface area contributed by atoms with E-state index in [1.54, 1.807) is 6.07 Å². The molecule has 2 nitrogen and oxygen atoms in total. The number of fused-ring (bicyclic) bond motifs is 1. The van der Waals surface area contributed by atoms with Gasteiger partial charge in [0.15, 0.2) is 6.29 Å². The van der Waals surface area contributed by atoms with Gasteiger partial charge in [-0.3, -0.25) is 9.59 Å². The summed E-state index contributed by atoms with van der Waals surface area (Å²) < 4.78 is 0. The standard InChI is InChI=1S/C19H14O2/c1-13-6-5-9-16-15(14-7-3-2-4-8-14)10-11-17(19(13)16)18(21)12-20/h2-12H,1H3. The SMILES string of the molecule is Cc1cccc2c(-c3ccccc3)ccc(C(=O)C=O)c12. The minimum atomic E-state index is -0.478. The minimum Gasteiger partial charge on any atom is -0.294 e. The Morgan fingerprint density at radius 3 is 2.38 bits per heavy atom. The molecule has 0 heterocycles.